The second-order valence-corrected chi connectivity index (χ2v) is 37.8. The van der Waals surface area contributed by atoms with Crippen molar-refractivity contribution in [3.05, 3.63) is 0 Å². The predicted octanol–water partition coefficient (Wildman–Crippen LogP) is 22.6. The van der Waals surface area contributed by atoms with Crippen LogP contribution in [0.2, 0.25) is 0 Å². The molecule has 0 aromatic heterocycles. The molecule has 80 heavy (non-hydrogen) atoms. The Kier molecular flexibility index (Phi) is 16.3. The van der Waals surface area contributed by atoms with E-state index in [2.05, 4.69) is 166 Å². The van der Waals surface area contributed by atoms with Crippen molar-refractivity contribution in [2.45, 2.75) is 319 Å². The fourth-order valence-electron chi connectivity index (χ4n) is 25.5. The van der Waals surface area contributed by atoms with E-state index in [0.29, 0.717) is 22.7 Å². The monoisotopic (exact) mass is 1110 g/mol. The summed E-state index contributed by atoms with van der Waals surface area (Å²) >= 11 is 0. The van der Waals surface area contributed by atoms with Crippen LogP contribution in [0, 0.1) is 161 Å². The van der Waals surface area contributed by atoms with Gasteiger partial charge in [0.05, 0.1) is 24.4 Å². The lowest BCUT2D eigenvalue weighted by Crippen LogP contribution is -3.11. The second kappa shape index (κ2) is 20.8. The zero-order valence-corrected chi connectivity index (χ0v) is 58.2. The minimum absolute atomic E-state index is 0.247. The van der Waals surface area contributed by atoms with E-state index >= 15 is 0 Å². The summed E-state index contributed by atoms with van der Waals surface area (Å²) in [5.74, 6) is 17.8. The van der Waals surface area contributed by atoms with Gasteiger partial charge in [0.2, 0.25) is 0 Å². The number of rotatable bonds is 12. The molecule has 4 aliphatic heterocycles. The maximum Gasteiger partial charge on any atom is 0.0706 e. The highest BCUT2D eigenvalue weighted by Gasteiger charge is 3.09. The molecular formula is C78H138O2. The molecule has 0 radical (unpaired) electrons. The summed E-state index contributed by atoms with van der Waals surface area (Å²) in [5.41, 5.74) is 8.02. The van der Waals surface area contributed by atoms with Gasteiger partial charge in [0.15, 0.2) is 0 Å². The van der Waals surface area contributed by atoms with Crippen molar-refractivity contribution < 1.29 is 9.47 Å². The molecule has 10 bridgehead atoms. The molecule has 4 saturated heterocycles. The van der Waals surface area contributed by atoms with E-state index in [1.807, 2.05) is 0 Å². The molecule has 2 heteroatoms. The van der Waals surface area contributed by atoms with E-state index in [0.717, 1.165) is 116 Å². The van der Waals surface area contributed by atoms with Gasteiger partial charge in [0, 0.05) is 0 Å². The molecule has 0 unspecified atom stereocenters. The van der Waals surface area contributed by atoms with Gasteiger partial charge in [-0.1, -0.05) is 166 Å². The van der Waals surface area contributed by atoms with E-state index in [-0.39, 0.29) is 11.2 Å². The Balaban J connectivity index is 0.000000108. The van der Waals surface area contributed by atoms with Crippen molar-refractivity contribution in [2.24, 2.45) is 161 Å². The normalized spacial score (nSPS) is 49.6. The number of ether oxygens (including phenoxy) is 2. The van der Waals surface area contributed by atoms with Gasteiger partial charge in [-0.25, -0.2) is 0 Å². The zero-order chi connectivity index (χ0) is 58.8. The summed E-state index contributed by atoms with van der Waals surface area (Å²) in [4.78, 5) is 0. The predicted molar refractivity (Wildman–Crippen MR) is 342 cm³/mol. The third-order valence-corrected chi connectivity index (χ3v) is 33.6. The summed E-state index contributed by atoms with van der Waals surface area (Å²) in [6, 6.07) is 0. The van der Waals surface area contributed by atoms with Crippen LogP contribution >= 0.6 is 0 Å². The maximum atomic E-state index is 6.19. The fourth-order valence-corrected chi connectivity index (χ4v) is 25.5. The largest absolute Gasteiger partial charge is 0.374 e. The number of hydrogen-bond acceptors (Lipinski definition) is 2. The Bertz CT molecular complexity index is 1730. The highest BCUT2D eigenvalue weighted by atomic mass is 16.5. The fraction of sp³-hybridized carbons (Fsp3) is 1.00. The van der Waals surface area contributed by atoms with Gasteiger partial charge in [-0.15, -0.1) is 0 Å². The van der Waals surface area contributed by atoms with Crippen LogP contribution in [0.4, 0.5) is 0 Å². The van der Waals surface area contributed by atoms with Crippen molar-refractivity contribution in [3.8, 4) is 0 Å². The van der Waals surface area contributed by atoms with E-state index in [1.165, 1.54) is 177 Å². The molecule has 20 aliphatic rings. The van der Waals surface area contributed by atoms with E-state index in [4.69, 9.17) is 9.47 Å². The van der Waals surface area contributed by atoms with Crippen molar-refractivity contribution >= 4 is 0 Å². The molecule has 0 aromatic rings. The van der Waals surface area contributed by atoms with Crippen LogP contribution in [-0.4, -0.2) is 24.4 Å². The van der Waals surface area contributed by atoms with Gasteiger partial charge in [-0.3, -0.25) is 0 Å². The lowest BCUT2D eigenvalue weighted by molar-refractivity contribution is -0.674. The van der Waals surface area contributed by atoms with E-state index in [9.17, 15) is 0 Å². The molecule has 20 fully saturated rings. The van der Waals surface area contributed by atoms with Crippen LogP contribution in [0.3, 0.4) is 0 Å². The van der Waals surface area contributed by atoms with Crippen LogP contribution in [0.15, 0.2) is 0 Å². The lowest BCUT2D eigenvalue weighted by Gasteiger charge is -3.13. The molecule has 0 amide bonds. The molecule has 462 valence electrons. The molecule has 16 aliphatic carbocycles. The van der Waals surface area contributed by atoms with Gasteiger partial charge in [0.1, 0.15) is 0 Å². The van der Waals surface area contributed by atoms with Crippen molar-refractivity contribution in [3.63, 3.8) is 0 Å². The van der Waals surface area contributed by atoms with E-state index in [1.54, 1.807) is 0 Å². The lowest BCUT2D eigenvalue weighted by atomic mass is 8.90. The van der Waals surface area contributed by atoms with Gasteiger partial charge in [-0.05, 0) is 302 Å². The molecule has 16 saturated carbocycles. The van der Waals surface area contributed by atoms with Crippen LogP contribution in [-0.2, 0) is 9.47 Å². The summed E-state index contributed by atoms with van der Waals surface area (Å²) in [7, 11) is 0. The Morgan fingerprint density at radius 1 is 0.200 bits per heavy atom. The molecule has 4 heterocycles. The first-order valence-electron chi connectivity index (χ1n) is 36.4. The quantitative estimate of drug-likeness (QED) is 0.194. The molecule has 0 N–H and O–H groups in total. The van der Waals surface area contributed by atoms with Crippen LogP contribution < -0.4 is 0 Å². The van der Waals surface area contributed by atoms with Crippen molar-refractivity contribution in [1.82, 2.24) is 0 Å². The Hall–Kier alpha value is -0.0800. The molecular weight excluding hydrogens is 969 g/mol. The number of hydrogen-bond donors (Lipinski definition) is 0. The highest BCUT2D eigenvalue weighted by Crippen LogP contribution is 3.12. The average molecular weight is 1110 g/mol. The minimum atomic E-state index is 0.247. The zero-order valence-electron chi connectivity index (χ0n) is 58.2. The third-order valence-electron chi connectivity index (χ3n) is 33.6. The first-order valence-corrected chi connectivity index (χ1v) is 36.4. The Morgan fingerprint density at radius 3 is 0.537 bits per heavy atom. The molecule has 2 nitrogen and oxygen atoms in total. The smallest absolute Gasteiger partial charge is 0.0706 e. The SMILES string of the molecule is CC(C)C12C3C4C1C1C2C3C41C(C)C.CC(C)C12CC(C(C)C)(C1)C2.CC(C)C12CCC(C(C)C)(CC1)C2.CC(C)C12CCC(C(C)C)(CC1)CC2.CC(C)C12CCC(C(C)C)(CC1)OC2.CC(C)C12CCC(C(C)C)(CC1)OC2. The minimum Gasteiger partial charge on any atom is -0.374 e. The molecule has 0 aromatic carbocycles. The van der Waals surface area contributed by atoms with Crippen LogP contribution in [0.25, 0.3) is 0 Å². The molecule has 0 spiro atoms. The summed E-state index contributed by atoms with van der Waals surface area (Å²) in [5, 5.41) is 0. The van der Waals surface area contributed by atoms with Crippen LogP contribution in [0.1, 0.15) is 307 Å². The molecule has 20 rings (SSSR count). The molecule has 0 atom stereocenters. The topological polar surface area (TPSA) is 18.5 Å². The van der Waals surface area contributed by atoms with Crippen LogP contribution in [0.5, 0.6) is 0 Å². The summed E-state index contributed by atoms with van der Waals surface area (Å²) in [6.07, 6.45) is 32.1. The number of fused-ring (bicyclic) bond motifs is 11. The van der Waals surface area contributed by atoms with Gasteiger partial charge in [0.25, 0.3) is 0 Å². The maximum absolute atomic E-state index is 6.19. The van der Waals surface area contributed by atoms with E-state index < -0.39 is 0 Å². The van der Waals surface area contributed by atoms with Crippen molar-refractivity contribution in [2.75, 3.05) is 13.2 Å². The Labute approximate surface area is 499 Å². The highest BCUT2D eigenvalue weighted by molar-refractivity contribution is 5.55. The van der Waals surface area contributed by atoms with Gasteiger partial charge >= 0.3 is 0 Å². The summed E-state index contributed by atoms with van der Waals surface area (Å²) < 4.78 is 12.4. The summed E-state index contributed by atoms with van der Waals surface area (Å²) in [6.45, 7) is 59.7. The van der Waals surface area contributed by atoms with Gasteiger partial charge < -0.3 is 9.47 Å². The first-order chi connectivity index (χ1) is 37.2. The van der Waals surface area contributed by atoms with Gasteiger partial charge in [-0.2, -0.15) is 0 Å². The average Bonchev–Trinajstić information content (AvgIpc) is 0.755. The van der Waals surface area contributed by atoms with Crippen molar-refractivity contribution in [1.29, 1.82) is 0 Å². The third kappa shape index (κ3) is 8.50. The standard InChI is InChI=1S/C14H20.C14H26.2C13H24O.C13H24.C11H20/c1-5(2)13-7-10-8(13)12-9(13)11(7)14(10,12)6(3)4;1-11(2)13-5-8-14(9-6-13,10-7-13)12(3)4;2*1-10(2)12-5-7-13(8-6-12,11(3)4)14-9-12;1-10(2)12-5-7-13(9-12,8-6-12)11(3)4;1-8(2)10-5-11(6-10,7-10)9(3)4/h5-12H,1-4H3;11-12H,5-10H2,1-4H3;2*10-11H,5-9H2,1-4H3;10-11H,5-9H2,1-4H3;8-9H,5-7H2,1-4H3. The Morgan fingerprint density at radius 2 is 0.388 bits per heavy atom. The second-order valence-electron chi connectivity index (χ2n) is 37.8. The first kappa shape index (κ1) is 63.0.